The van der Waals surface area contributed by atoms with Crippen LogP contribution in [0.15, 0.2) is 35.4 Å². The van der Waals surface area contributed by atoms with Crippen LogP contribution in [0, 0.1) is 5.82 Å². The third-order valence-corrected chi connectivity index (χ3v) is 4.17. The number of nitrogens with zero attached hydrogens (tertiary/aromatic N) is 3. The van der Waals surface area contributed by atoms with Crippen molar-refractivity contribution in [3.05, 3.63) is 42.0 Å². The van der Waals surface area contributed by atoms with Crippen LogP contribution in [0.3, 0.4) is 0 Å². The van der Waals surface area contributed by atoms with Gasteiger partial charge in [-0.15, -0.1) is 16.9 Å². The Morgan fingerprint density at radius 1 is 1.40 bits per heavy atom. The van der Waals surface area contributed by atoms with E-state index >= 15 is 0 Å². The highest BCUT2D eigenvalue weighted by molar-refractivity contribution is 7.99. The Bertz CT molecular complexity index is 543. The molecule has 1 heterocycles. The van der Waals surface area contributed by atoms with Crippen molar-refractivity contribution in [2.75, 3.05) is 12.8 Å². The van der Waals surface area contributed by atoms with Crippen molar-refractivity contribution in [1.82, 2.24) is 20.3 Å². The van der Waals surface area contributed by atoms with E-state index in [1.54, 1.807) is 18.3 Å². The number of aromatic nitrogens is 3. The van der Waals surface area contributed by atoms with Gasteiger partial charge in [-0.25, -0.2) is 9.07 Å². The summed E-state index contributed by atoms with van der Waals surface area (Å²) in [5.41, 5.74) is 1.04. The van der Waals surface area contributed by atoms with Gasteiger partial charge in [0.25, 0.3) is 0 Å². The third-order valence-electron chi connectivity index (χ3n) is 3.03. The maximum absolute atomic E-state index is 13.6. The van der Waals surface area contributed by atoms with Crippen LogP contribution < -0.4 is 5.32 Å². The number of benzene rings is 1. The fourth-order valence-electron chi connectivity index (χ4n) is 1.97. The number of aryl methyl sites for hydroxylation is 1. The van der Waals surface area contributed by atoms with Gasteiger partial charge in [0.2, 0.25) is 0 Å². The quantitative estimate of drug-likeness (QED) is 0.797. The van der Waals surface area contributed by atoms with Crippen LogP contribution in [0.2, 0.25) is 0 Å². The predicted molar refractivity (Wildman–Crippen MR) is 79.2 cm³/mol. The zero-order valence-corrected chi connectivity index (χ0v) is 12.5. The summed E-state index contributed by atoms with van der Waals surface area (Å²) in [5, 5.41) is 11.3. The first-order valence-corrected chi connectivity index (χ1v) is 7.67. The SMILES string of the molecule is CCCn1nncc1C(CSc1ccccc1F)NC. The summed E-state index contributed by atoms with van der Waals surface area (Å²) in [6.45, 7) is 2.95. The molecule has 0 fully saturated rings. The van der Waals surface area contributed by atoms with E-state index in [2.05, 4.69) is 22.6 Å². The van der Waals surface area contributed by atoms with Gasteiger partial charge in [-0.2, -0.15) is 0 Å². The fourth-order valence-corrected chi connectivity index (χ4v) is 3.04. The Hall–Kier alpha value is -1.40. The van der Waals surface area contributed by atoms with E-state index in [0.29, 0.717) is 4.90 Å². The lowest BCUT2D eigenvalue weighted by Crippen LogP contribution is -2.22. The molecule has 0 aliphatic heterocycles. The Labute approximate surface area is 122 Å². The van der Waals surface area contributed by atoms with Crippen LogP contribution in [-0.2, 0) is 6.54 Å². The fraction of sp³-hybridized carbons (Fsp3) is 0.429. The van der Waals surface area contributed by atoms with Gasteiger partial charge in [0.1, 0.15) is 5.82 Å². The molecule has 20 heavy (non-hydrogen) atoms. The highest BCUT2D eigenvalue weighted by atomic mass is 32.2. The molecule has 4 nitrogen and oxygen atoms in total. The molecule has 1 aromatic carbocycles. The molecule has 0 saturated heterocycles. The number of thioether (sulfide) groups is 1. The van der Waals surface area contributed by atoms with Gasteiger partial charge < -0.3 is 5.32 Å². The van der Waals surface area contributed by atoms with E-state index in [0.717, 1.165) is 24.4 Å². The van der Waals surface area contributed by atoms with Gasteiger partial charge in [0.05, 0.1) is 17.9 Å². The summed E-state index contributed by atoms with van der Waals surface area (Å²) in [5.74, 6) is 0.557. The molecule has 0 spiro atoms. The lowest BCUT2D eigenvalue weighted by molar-refractivity contribution is 0.514. The Kier molecular flexibility index (Phi) is 5.55. The highest BCUT2D eigenvalue weighted by Gasteiger charge is 2.16. The van der Waals surface area contributed by atoms with E-state index in [1.165, 1.54) is 17.8 Å². The molecule has 1 aromatic heterocycles. The van der Waals surface area contributed by atoms with Crippen molar-refractivity contribution in [2.24, 2.45) is 0 Å². The summed E-state index contributed by atoms with van der Waals surface area (Å²) in [7, 11) is 1.90. The van der Waals surface area contributed by atoms with Crippen molar-refractivity contribution in [3.63, 3.8) is 0 Å². The van der Waals surface area contributed by atoms with Gasteiger partial charge in [0, 0.05) is 17.2 Å². The zero-order valence-electron chi connectivity index (χ0n) is 11.7. The van der Waals surface area contributed by atoms with Crippen LogP contribution >= 0.6 is 11.8 Å². The normalized spacial score (nSPS) is 12.6. The molecule has 1 N–H and O–H groups in total. The average molecular weight is 294 g/mol. The van der Waals surface area contributed by atoms with Crippen LogP contribution in [0.5, 0.6) is 0 Å². The monoisotopic (exact) mass is 294 g/mol. The summed E-state index contributed by atoms with van der Waals surface area (Å²) < 4.78 is 15.5. The molecule has 1 atom stereocenters. The van der Waals surface area contributed by atoms with Gasteiger partial charge in [0.15, 0.2) is 0 Å². The van der Waals surface area contributed by atoms with Crippen molar-refractivity contribution in [3.8, 4) is 0 Å². The molecule has 0 aliphatic rings. The molecular weight excluding hydrogens is 275 g/mol. The standard InChI is InChI=1S/C14H19FN4S/c1-3-8-19-13(9-17-18-19)12(16-2)10-20-14-7-5-4-6-11(14)15/h4-7,9,12,16H,3,8,10H2,1-2H3. The smallest absolute Gasteiger partial charge is 0.136 e. The third kappa shape index (κ3) is 3.58. The number of hydrogen-bond donors (Lipinski definition) is 1. The Morgan fingerprint density at radius 2 is 2.20 bits per heavy atom. The van der Waals surface area contributed by atoms with Crippen LogP contribution in [0.4, 0.5) is 4.39 Å². The summed E-state index contributed by atoms with van der Waals surface area (Å²) in [4.78, 5) is 0.669. The minimum Gasteiger partial charge on any atom is -0.311 e. The summed E-state index contributed by atoms with van der Waals surface area (Å²) in [6.07, 6.45) is 2.78. The van der Waals surface area contributed by atoms with Crippen molar-refractivity contribution in [2.45, 2.75) is 30.8 Å². The first kappa shape index (κ1) is 15.0. The number of hydrogen-bond acceptors (Lipinski definition) is 4. The molecule has 0 radical (unpaired) electrons. The van der Waals surface area contributed by atoms with E-state index < -0.39 is 0 Å². The Balaban J connectivity index is 2.06. The molecule has 2 aromatic rings. The summed E-state index contributed by atoms with van der Waals surface area (Å²) in [6, 6.07) is 6.94. The summed E-state index contributed by atoms with van der Waals surface area (Å²) >= 11 is 1.50. The van der Waals surface area contributed by atoms with Gasteiger partial charge in [-0.3, -0.25) is 0 Å². The van der Waals surface area contributed by atoms with Crippen molar-refractivity contribution < 1.29 is 4.39 Å². The highest BCUT2D eigenvalue weighted by Crippen LogP contribution is 2.26. The minimum absolute atomic E-state index is 0.0983. The molecule has 108 valence electrons. The van der Waals surface area contributed by atoms with Crippen molar-refractivity contribution >= 4 is 11.8 Å². The first-order chi connectivity index (χ1) is 9.76. The number of nitrogens with one attached hydrogen (secondary N) is 1. The second kappa shape index (κ2) is 7.40. The second-order valence-electron chi connectivity index (χ2n) is 4.46. The maximum atomic E-state index is 13.6. The van der Waals surface area contributed by atoms with Crippen LogP contribution in [-0.4, -0.2) is 27.8 Å². The molecule has 2 rings (SSSR count). The van der Waals surface area contributed by atoms with E-state index in [1.807, 2.05) is 17.8 Å². The predicted octanol–water partition coefficient (Wildman–Crippen LogP) is 2.88. The molecule has 0 aliphatic carbocycles. The number of rotatable bonds is 7. The van der Waals surface area contributed by atoms with Crippen molar-refractivity contribution in [1.29, 1.82) is 0 Å². The van der Waals surface area contributed by atoms with E-state index in [-0.39, 0.29) is 11.9 Å². The van der Waals surface area contributed by atoms with E-state index in [4.69, 9.17) is 0 Å². The van der Waals surface area contributed by atoms with Crippen LogP contribution in [0.25, 0.3) is 0 Å². The topological polar surface area (TPSA) is 42.7 Å². The molecule has 0 saturated carbocycles. The Morgan fingerprint density at radius 3 is 2.90 bits per heavy atom. The minimum atomic E-state index is -0.174. The lowest BCUT2D eigenvalue weighted by Gasteiger charge is -2.16. The second-order valence-corrected chi connectivity index (χ2v) is 5.53. The molecule has 0 amide bonds. The van der Waals surface area contributed by atoms with Crippen LogP contribution in [0.1, 0.15) is 25.1 Å². The molecule has 1 unspecified atom stereocenters. The first-order valence-electron chi connectivity index (χ1n) is 6.69. The molecule has 0 bridgehead atoms. The van der Waals surface area contributed by atoms with Gasteiger partial charge >= 0.3 is 0 Å². The average Bonchev–Trinajstić information content (AvgIpc) is 2.90. The lowest BCUT2D eigenvalue weighted by atomic mass is 10.2. The van der Waals surface area contributed by atoms with E-state index in [9.17, 15) is 4.39 Å². The zero-order chi connectivity index (χ0) is 14.4. The number of halogens is 1. The maximum Gasteiger partial charge on any atom is 0.136 e. The van der Waals surface area contributed by atoms with Gasteiger partial charge in [-0.05, 0) is 25.6 Å². The van der Waals surface area contributed by atoms with Gasteiger partial charge in [-0.1, -0.05) is 24.3 Å². The largest absolute Gasteiger partial charge is 0.311 e. The molecular formula is C14H19FN4S. The molecule has 6 heteroatoms.